The van der Waals surface area contributed by atoms with Crippen molar-refractivity contribution in [1.29, 1.82) is 0 Å². The molecule has 1 heterocycles. The van der Waals surface area contributed by atoms with Gasteiger partial charge in [0, 0.05) is 20.1 Å². The standard InChI is InChI=1S/C12H22N4O2S/c1-8-9(11(13-3)19-15-8)10(17)14-6-12(2,18)7-16(4)5/h13,18H,6-7H2,1-5H3,(H,14,17). The van der Waals surface area contributed by atoms with E-state index in [1.165, 1.54) is 11.5 Å². The summed E-state index contributed by atoms with van der Waals surface area (Å²) in [5.41, 5.74) is 0.281. The molecule has 0 saturated carbocycles. The molecule has 0 aromatic carbocycles. The molecule has 0 saturated heterocycles. The molecule has 6 nitrogen and oxygen atoms in total. The molecular formula is C12H22N4O2S. The fourth-order valence-electron chi connectivity index (χ4n) is 1.90. The Balaban J connectivity index is 2.68. The lowest BCUT2D eigenvalue weighted by Crippen LogP contribution is -2.47. The molecule has 0 fully saturated rings. The monoisotopic (exact) mass is 286 g/mol. The number of carbonyl (C=O) groups is 1. The van der Waals surface area contributed by atoms with E-state index in [4.69, 9.17) is 0 Å². The Morgan fingerprint density at radius 3 is 2.68 bits per heavy atom. The second-order valence-corrected chi connectivity index (χ2v) is 5.91. The van der Waals surface area contributed by atoms with Gasteiger partial charge in [0.05, 0.1) is 16.9 Å². The first-order valence-electron chi connectivity index (χ1n) is 6.06. The Hall–Kier alpha value is -1.18. The second-order valence-electron chi connectivity index (χ2n) is 5.14. The maximum absolute atomic E-state index is 12.1. The van der Waals surface area contributed by atoms with Crippen LogP contribution in [-0.2, 0) is 0 Å². The highest BCUT2D eigenvalue weighted by Gasteiger charge is 2.24. The first-order valence-corrected chi connectivity index (χ1v) is 6.83. The van der Waals surface area contributed by atoms with Gasteiger partial charge in [0.1, 0.15) is 5.00 Å². The number of likely N-dealkylation sites (N-methyl/N-ethyl adjacent to an activating group) is 1. The summed E-state index contributed by atoms with van der Waals surface area (Å²) in [7, 11) is 5.51. The molecule has 1 amide bonds. The summed E-state index contributed by atoms with van der Waals surface area (Å²) in [4.78, 5) is 14.0. The first-order chi connectivity index (χ1) is 8.76. The van der Waals surface area contributed by atoms with Crippen LogP contribution in [-0.4, -0.2) is 60.1 Å². The van der Waals surface area contributed by atoms with Crippen LogP contribution in [0, 0.1) is 6.92 Å². The Morgan fingerprint density at radius 2 is 2.16 bits per heavy atom. The highest BCUT2D eigenvalue weighted by molar-refractivity contribution is 7.10. The number of rotatable bonds is 6. The smallest absolute Gasteiger partial charge is 0.256 e. The zero-order chi connectivity index (χ0) is 14.6. The first kappa shape index (κ1) is 15.9. The van der Waals surface area contributed by atoms with E-state index in [1.54, 1.807) is 20.9 Å². The maximum Gasteiger partial charge on any atom is 0.256 e. The van der Waals surface area contributed by atoms with E-state index in [2.05, 4.69) is 15.0 Å². The predicted octanol–water partition coefficient (Wildman–Crippen LogP) is 0.536. The molecule has 0 bridgehead atoms. The Morgan fingerprint density at radius 1 is 1.53 bits per heavy atom. The summed E-state index contributed by atoms with van der Waals surface area (Å²) in [6, 6.07) is 0. The number of nitrogens with one attached hydrogen (secondary N) is 2. The molecule has 0 aliphatic rings. The van der Waals surface area contributed by atoms with E-state index in [0.29, 0.717) is 17.8 Å². The van der Waals surface area contributed by atoms with E-state index in [9.17, 15) is 9.90 Å². The third kappa shape index (κ3) is 4.45. The molecule has 0 spiro atoms. The number of aryl methyl sites for hydroxylation is 1. The van der Waals surface area contributed by atoms with Gasteiger partial charge in [-0.05, 0) is 39.5 Å². The number of nitrogens with zero attached hydrogens (tertiary/aromatic N) is 2. The number of hydrogen-bond acceptors (Lipinski definition) is 6. The number of amides is 1. The van der Waals surface area contributed by atoms with Crippen LogP contribution in [0.5, 0.6) is 0 Å². The molecule has 1 unspecified atom stereocenters. The molecule has 0 aliphatic heterocycles. The van der Waals surface area contributed by atoms with Crippen LogP contribution in [0.15, 0.2) is 0 Å². The van der Waals surface area contributed by atoms with Crippen LogP contribution in [0.4, 0.5) is 5.00 Å². The lowest BCUT2D eigenvalue weighted by molar-refractivity contribution is 0.0326. The van der Waals surface area contributed by atoms with Gasteiger partial charge >= 0.3 is 0 Å². The van der Waals surface area contributed by atoms with E-state index < -0.39 is 5.60 Å². The van der Waals surface area contributed by atoms with Crippen molar-refractivity contribution in [3.63, 3.8) is 0 Å². The highest BCUT2D eigenvalue weighted by atomic mass is 32.1. The zero-order valence-corrected chi connectivity index (χ0v) is 12.9. The van der Waals surface area contributed by atoms with Crippen molar-refractivity contribution in [3.05, 3.63) is 11.3 Å². The molecule has 108 valence electrons. The average molecular weight is 286 g/mol. The number of hydrogen-bond donors (Lipinski definition) is 3. The van der Waals surface area contributed by atoms with Gasteiger partial charge in [-0.2, -0.15) is 4.37 Å². The summed E-state index contributed by atoms with van der Waals surface area (Å²) in [6.07, 6.45) is 0. The van der Waals surface area contributed by atoms with Gasteiger partial charge in [-0.3, -0.25) is 4.79 Å². The van der Waals surface area contributed by atoms with Crippen molar-refractivity contribution in [3.8, 4) is 0 Å². The summed E-state index contributed by atoms with van der Waals surface area (Å²) in [5, 5.41) is 16.6. The maximum atomic E-state index is 12.1. The lowest BCUT2D eigenvalue weighted by atomic mass is 10.1. The molecule has 1 aromatic heterocycles. The van der Waals surface area contributed by atoms with E-state index in [0.717, 1.165) is 5.00 Å². The van der Waals surface area contributed by atoms with Gasteiger partial charge in [-0.1, -0.05) is 0 Å². The predicted molar refractivity (Wildman–Crippen MR) is 77.9 cm³/mol. The van der Waals surface area contributed by atoms with Gasteiger partial charge in [0.25, 0.3) is 5.91 Å². The number of aliphatic hydroxyl groups is 1. The molecule has 0 radical (unpaired) electrons. The number of anilines is 1. The molecule has 1 atom stereocenters. The number of aromatic nitrogens is 1. The van der Waals surface area contributed by atoms with Crippen molar-refractivity contribution in [2.24, 2.45) is 0 Å². The SMILES string of the molecule is CNc1snc(C)c1C(=O)NCC(C)(O)CN(C)C. The lowest BCUT2D eigenvalue weighted by Gasteiger charge is -2.27. The fourth-order valence-corrected chi connectivity index (χ4v) is 2.65. The zero-order valence-electron chi connectivity index (χ0n) is 12.1. The second kappa shape index (κ2) is 6.31. The summed E-state index contributed by atoms with van der Waals surface area (Å²) in [5.74, 6) is -0.213. The minimum atomic E-state index is -0.962. The molecule has 0 aliphatic carbocycles. The quantitative estimate of drug-likeness (QED) is 0.711. The Kier molecular flexibility index (Phi) is 5.28. The Bertz CT molecular complexity index is 443. The minimum Gasteiger partial charge on any atom is -0.387 e. The van der Waals surface area contributed by atoms with E-state index in [1.807, 2.05) is 19.0 Å². The molecule has 1 aromatic rings. The van der Waals surface area contributed by atoms with Gasteiger partial charge in [-0.25, -0.2) is 0 Å². The molecule has 3 N–H and O–H groups in total. The number of carbonyl (C=O) groups excluding carboxylic acids is 1. The topological polar surface area (TPSA) is 77.5 Å². The van der Waals surface area contributed by atoms with E-state index in [-0.39, 0.29) is 12.5 Å². The third-order valence-corrected chi connectivity index (χ3v) is 3.56. The normalized spacial score (nSPS) is 14.3. The van der Waals surface area contributed by atoms with Crippen LogP contribution in [0.25, 0.3) is 0 Å². The molecular weight excluding hydrogens is 264 g/mol. The largest absolute Gasteiger partial charge is 0.387 e. The van der Waals surface area contributed by atoms with Crippen molar-refractivity contribution in [2.45, 2.75) is 19.4 Å². The molecule has 19 heavy (non-hydrogen) atoms. The van der Waals surface area contributed by atoms with E-state index >= 15 is 0 Å². The average Bonchev–Trinajstić information content (AvgIpc) is 2.66. The van der Waals surface area contributed by atoms with Gasteiger partial charge in [0.15, 0.2) is 0 Å². The van der Waals surface area contributed by atoms with Gasteiger partial charge < -0.3 is 20.6 Å². The van der Waals surface area contributed by atoms with Crippen LogP contribution in [0.1, 0.15) is 23.0 Å². The van der Waals surface area contributed by atoms with Crippen LogP contribution in [0.2, 0.25) is 0 Å². The van der Waals surface area contributed by atoms with Crippen molar-refractivity contribution in [1.82, 2.24) is 14.6 Å². The summed E-state index contributed by atoms with van der Waals surface area (Å²) in [6.45, 7) is 4.17. The molecule has 1 rings (SSSR count). The van der Waals surface area contributed by atoms with Crippen molar-refractivity contribution < 1.29 is 9.90 Å². The fraction of sp³-hybridized carbons (Fsp3) is 0.667. The summed E-state index contributed by atoms with van der Waals surface area (Å²) < 4.78 is 4.15. The van der Waals surface area contributed by atoms with Crippen molar-refractivity contribution in [2.75, 3.05) is 39.5 Å². The van der Waals surface area contributed by atoms with Crippen LogP contribution in [0.3, 0.4) is 0 Å². The highest BCUT2D eigenvalue weighted by Crippen LogP contribution is 2.23. The Labute approximate surface area is 118 Å². The minimum absolute atomic E-state index is 0.197. The van der Waals surface area contributed by atoms with Gasteiger partial charge in [-0.15, -0.1) is 0 Å². The third-order valence-electron chi connectivity index (χ3n) is 2.60. The van der Waals surface area contributed by atoms with Crippen LogP contribution >= 0.6 is 11.5 Å². The molecule has 7 heteroatoms. The van der Waals surface area contributed by atoms with Crippen molar-refractivity contribution >= 4 is 22.4 Å². The van der Waals surface area contributed by atoms with Crippen LogP contribution < -0.4 is 10.6 Å². The summed E-state index contributed by atoms with van der Waals surface area (Å²) >= 11 is 1.26. The van der Waals surface area contributed by atoms with Gasteiger partial charge in [0.2, 0.25) is 0 Å².